The quantitative estimate of drug-likeness (QED) is 0.852. The normalized spacial score (nSPS) is 19.6. The van der Waals surface area contributed by atoms with E-state index in [9.17, 15) is 4.79 Å². The summed E-state index contributed by atoms with van der Waals surface area (Å²) in [5.41, 5.74) is 0.637. The van der Waals surface area contributed by atoms with Crippen LogP contribution >= 0.6 is 15.9 Å². The second-order valence-corrected chi connectivity index (χ2v) is 5.92. The SMILES string of the molecule is CCN1CCCC1CN(C)C(=O)c1cncc(Br)c1. The third kappa shape index (κ3) is 3.54. The van der Waals surface area contributed by atoms with Crippen molar-refractivity contribution in [2.45, 2.75) is 25.8 Å². The Morgan fingerprint density at radius 2 is 2.37 bits per heavy atom. The van der Waals surface area contributed by atoms with E-state index in [-0.39, 0.29) is 5.91 Å². The number of likely N-dealkylation sites (tertiary alicyclic amines) is 1. The predicted molar refractivity (Wildman–Crippen MR) is 79.2 cm³/mol. The fourth-order valence-corrected chi connectivity index (χ4v) is 3.03. The summed E-state index contributed by atoms with van der Waals surface area (Å²) in [5, 5.41) is 0. The Labute approximate surface area is 122 Å². The number of hydrogen-bond acceptors (Lipinski definition) is 3. The minimum Gasteiger partial charge on any atom is -0.340 e. The average Bonchev–Trinajstić information content (AvgIpc) is 2.85. The Morgan fingerprint density at radius 1 is 1.58 bits per heavy atom. The lowest BCUT2D eigenvalue weighted by Gasteiger charge is -2.27. The number of nitrogens with zero attached hydrogens (tertiary/aromatic N) is 3. The van der Waals surface area contributed by atoms with Crippen molar-refractivity contribution in [1.29, 1.82) is 0 Å². The topological polar surface area (TPSA) is 36.4 Å². The predicted octanol–water partition coefficient (Wildman–Crippen LogP) is 2.40. The smallest absolute Gasteiger partial charge is 0.255 e. The fraction of sp³-hybridized carbons (Fsp3) is 0.571. The Hall–Kier alpha value is -0.940. The first-order chi connectivity index (χ1) is 9.11. The van der Waals surface area contributed by atoms with E-state index in [0.717, 1.165) is 24.1 Å². The maximum absolute atomic E-state index is 12.3. The number of amides is 1. The van der Waals surface area contributed by atoms with Gasteiger partial charge in [0.1, 0.15) is 0 Å². The minimum atomic E-state index is 0.0387. The molecule has 1 aromatic heterocycles. The molecule has 1 amide bonds. The second-order valence-electron chi connectivity index (χ2n) is 5.00. The molecule has 0 saturated carbocycles. The summed E-state index contributed by atoms with van der Waals surface area (Å²) in [6.45, 7) is 5.18. The van der Waals surface area contributed by atoms with Gasteiger partial charge in [-0.1, -0.05) is 6.92 Å². The van der Waals surface area contributed by atoms with Crippen LogP contribution in [0.3, 0.4) is 0 Å². The van der Waals surface area contributed by atoms with Crippen LogP contribution in [0.5, 0.6) is 0 Å². The van der Waals surface area contributed by atoms with Crippen molar-refractivity contribution in [3.05, 3.63) is 28.5 Å². The van der Waals surface area contributed by atoms with E-state index in [2.05, 4.69) is 32.7 Å². The van der Waals surface area contributed by atoms with Crippen molar-refractivity contribution in [2.75, 3.05) is 26.7 Å². The molecule has 0 aliphatic carbocycles. The van der Waals surface area contributed by atoms with Gasteiger partial charge >= 0.3 is 0 Å². The van der Waals surface area contributed by atoms with Crippen molar-refractivity contribution in [3.8, 4) is 0 Å². The highest BCUT2D eigenvalue weighted by Crippen LogP contribution is 2.18. The van der Waals surface area contributed by atoms with Gasteiger partial charge in [0.25, 0.3) is 5.91 Å². The lowest BCUT2D eigenvalue weighted by molar-refractivity contribution is 0.0754. The van der Waals surface area contributed by atoms with Crippen LogP contribution in [0, 0.1) is 0 Å². The maximum Gasteiger partial charge on any atom is 0.255 e. The third-order valence-electron chi connectivity index (χ3n) is 3.69. The summed E-state index contributed by atoms with van der Waals surface area (Å²) >= 11 is 3.35. The number of aromatic nitrogens is 1. The Bertz CT molecular complexity index is 452. The molecule has 1 aliphatic rings. The molecule has 0 radical (unpaired) electrons. The van der Waals surface area contributed by atoms with Gasteiger partial charge in [-0.25, -0.2) is 0 Å². The van der Waals surface area contributed by atoms with Gasteiger partial charge in [0.05, 0.1) is 5.56 Å². The highest BCUT2D eigenvalue weighted by molar-refractivity contribution is 9.10. The molecule has 5 heteroatoms. The number of rotatable bonds is 4. The minimum absolute atomic E-state index is 0.0387. The van der Waals surface area contributed by atoms with Gasteiger partial charge < -0.3 is 4.90 Å². The molecule has 1 unspecified atom stereocenters. The van der Waals surface area contributed by atoms with E-state index in [0.29, 0.717) is 11.6 Å². The van der Waals surface area contributed by atoms with Crippen LogP contribution in [-0.2, 0) is 0 Å². The van der Waals surface area contributed by atoms with Gasteiger partial charge in [-0.15, -0.1) is 0 Å². The van der Waals surface area contributed by atoms with Crippen molar-refractivity contribution < 1.29 is 4.79 Å². The van der Waals surface area contributed by atoms with Crippen LogP contribution in [0.15, 0.2) is 22.9 Å². The molecule has 104 valence electrons. The van der Waals surface area contributed by atoms with E-state index in [1.165, 1.54) is 12.8 Å². The van der Waals surface area contributed by atoms with Gasteiger partial charge in [0.15, 0.2) is 0 Å². The molecule has 0 N–H and O–H groups in total. The lowest BCUT2D eigenvalue weighted by atomic mass is 10.2. The summed E-state index contributed by atoms with van der Waals surface area (Å²) < 4.78 is 0.836. The summed E-state index contributed by atoms with van der Waals surface area (Å²) in [6, 6.07) is 2.32. The molecular formula is C14H20BrN3O. The number of carbonyl (C=O) groups excluding carboxylic acids is 1. The van der Waals surface area contributed by atoms with Gasteiger partial charge in [-0.3, -0.25) is 14.7 Å². The van der Waals surface area contributed by atoms with Gasteiger partial charge in [0, 0.05) is 36.5 Å². The lowest BCUT2D eigenvalue weighted by Crippen LogP contribution is -2.41. The summed E-state index contributed by atoms with van der Waals surface area (Å²) in [7, 11) is 1.87. The number of pyridine rings is 1. The molecule has 4 nitrogen and oxygen atoms in total. The maximum atomic E-state index is 12.3. The summed E-state index contributed by atoms with van der Waals surface area (Å²) in [5.74, 6) is 0.0387. The first kappa shape index (κ1) is 14.5. The standard InChI is InChI=1S/C14H20BrN3O/c1-3-18-6-4-5-13(18)10-17(2)14(19)11-7-12(15)9-16-8-11/h7-9,13H,3-6,10H2,1-2H3. The van der Waals surface area contributed by atoms with Gasteiger partial charge in [-0.05, 0) is 47.9 Å². The van der Waals surface area contributed by atoms with Crippen molar-refractivity contribution in [3.63, 3.8) is 0 Å². The highest BCUT2D eigenvalue weighted by Gasteiger charge is 2.25. The van der Waals surface area contributed by atoms with E-state index >= 15 is 0 Å². The first-order valence-corrected chi connectivity index (χ1v) is 7.51. The number of halogens is 1. The van der Waals surface area contributed by atoms with E-state index in [1.54, 1.807) is 12.4 Å². The van der Waals surface area contributed by atoms with Gasteiger partial charge in [0.2, 0.25) is 0 Å². The summed E-state index contributed by atoms with van der Waals surface area (Å²) in [4.78, 5) is 20.6. The monoisotopic (exact) mass is 325 g/mol. The molecular weight excluding hydrogens is 306 g/mol. The summed E-state index contributed by atoms with van der Waals surface area (Å²) in [6.07, 6.45) is 5.73. The van der Waals surface area contributed by atoms with Crippen molar-refractivity contribution in [2.24, 2.45) is 0 Å². The number of hydrogen-bond donors (Lipinski definition) is 0. The zero-order chi connectivity index (χ0) is 13.8. The first-order valence-electron chi connectivity index (χ1n) is 6.72. The van der Waals surface area contributed by atoms with Gasteiger partial charge in [-0.2, -0.15) is 0 Å². The van der Waals surface area contributed by atoms with Crippen LogP contribution in [0.2, 0.25) is 0 Å². The second kappa shape index (κ2) is 6.48. The Balaban J connectivity index is 1.99. The van der Waals surface area contributed by atoms with E-state index in [4.69, 9.17) is 0 Å². The average molecular weight is 326 g/mol. The zero-order valence-corrected chi connectivity index (χ0v) is 13.1. The Morgan fingerprint density at radius 3 is 3.05 bits per heavy atom. The molecule has 19 heavy (non-hydrogen) atoms. The molecule has 1 fully saturated rings. The van der Waals surface area contributed by atoms with Crippen LogP contribution in [0.25, 0.3) is 0 Å². The molecule has 0 aromatic carbocycles. The molecule has 1 aromatic rings. The van der Waals surface area contributed by atoms with Crippen LogP contribution < -0.4 is 0 Å². The molecule has 0 bridgehead atoms. The number of likely N-dealkylation sites (N-methyl/N-ethyl adjacent to an activating group) is 2. The number of carbonyl (C=O) groups is 1. The Kier molecular flexibility index (Phi) is 4.93. The van der Waals surface area contributed by atoms with Crippen LogP contribution in [0.4, 0.5) is 0 Å². The molecule has 2 heterocycles. The molecule has 1 saturated heterocycles. The van der Waals surface area contributed by atoms with Crippen LogP contribution in [-0.4, -0.2) is 53.4 Å². The van der Waals surface area contributed by atoms with E-state index < -0.39 is 0 Å². The zero-order valence-electron chi connectivity index (χ0n) is 11.5. The molecule has 0 spiro atoms. The molecule has 1 atom stereocenters. The van der Waals surface area contributed by atoms with Crippen molar-refractivity contribution in [1.82, 2.24) is 14.8 Å². The third-order valence-corrected chi connectivity index (χ3v) is 4.12. The molecule has 2 rings (SSSR count). The van der Waals surface area contributed by atoms with Crippen molar-refractivity contribution >= 4 is 21.8 Å². The fourth-order valence-electron chi connectivity index (χ4n) is 2.67. The van der Waals surface area contributed by atoms with Crippen LogP contribution in [0.1, 0.15) is 30.1 Å². The highest BCUT2D eigenvalue weighted by atomic mass is 79.9. The molecule has 1 aliphatic heterocycles. The van der Waals surface area contributed by atoms with E-state index in [1.807, 2.05) is 18.0 Å². The largest absolute Gasteiger partial charge is 0.340 e.